The summed E-state index contributed by atoms with van der Waals surface area (Å²) in [4.78, 5) is 30.8. The van der Waals surface area contributed by atoms with Crippen molar-refractivity contribution >= 4 is 33.3 Å². The Morgan fingerprint density at radius 1 is 1.38 bits per heavy atom. The summed E-state index contributed by atoms with van der Waals surface area (Å²) in [6.07, 6.45) is 2.55. The third-order valence-corrected chi connectivity index (χ3v) is 4.51. The van der Waals surface area contributed by atoms with Gasteiger partial charge in [-0.2, -0.15) is 0 Å². The number of Topliss-reactive ketones (excluding diaryl/α,β-unsaturated/α-hetero) is 1. The molecular weight excluding hydrogens is 312 g/mol. The molecule has 0 atom stereocenters. The van der Waals surface area contributed by atoms with Gasteiger partial charge in [0.1, 0.15) is 10.8 Å². The quantitative estimate of drug-likeness (QED) is 0.368. The molecule has 1 aromatic rings. The normalized spacial score (nSPS) is 10.6. The van der Waals surface area contributed by atoms with Gasteiger partial charge in [0.15, 0.2) is 0 Å². The van der Waals surface area contributed by atoms with Crippen LogP contribution in [0.25, 0.3) is 0 Å². The monoisotopic (exact) mass is 329 g/mol. The van der Waals surface area contributed by atoms with Gasteiger partial charge >= 0.3 is 5.97 Å². The Morgan fingerprint density at radius 2 is 2.19 bits per heavy atom. The van der Waals surface area contributed by atoms with E-state index < -0.39 is 5.97 Å². The molecule has 0 aliphatic heterocycles. The Labute approximate surface area is 131 Å². The van der Waals surface area contributed by atoms with Gasteiger partial charge < -0.3 is 14.8 Å². The molecule has 1 aromatic heterocycles. The molecule has 0 amide bonds. The van der Waals surface area contributed by atoms with Gasteiger partial charge in [0.2, 0.25) is 0 Å². The first-order valence-corrected chi connectivity index (χ1v) is 8.75. The lowest BCUT2D eigenvalue weighted by Crippen LogP contribution is -2.23. The number of ketones is 1. The average Bonchev–Trinajstić information content (AvgIpc) is 2.44. The lowest BCUT2D eigenvalue weighted by molar-refractivity contribution is -0.177. The van der Waals surface area contributed by atoms with Crippen LogP contribution in [0.2, 0.25) is 0 Å². The summed E-state index contributed by atoms with van der Waals surface area (Å²) in [5.74, 6) is -0.0268. The Hall–Kier alpha value is -1.09. The molecule has 0 saturated carbocycles. The number of hydrogen-bond donors (Lipinski definition) is 0. The van der Waals surface area contributed by atoms with E-state index in [4.69, 9.17) is 0 Å². The summed E-state index contributed by atoms with van der Waals surface area (Å²) >= 11 is 0. The van der Waals surface area contributed by atoms with Crippen molar-refractivity contribution in [2.75, 3.05) is 12.3 Å². The number of carbonyl (C=O) groups is 2. The van der Waals surface area contributed by atoms with Gasteiger partial charge in [0, 0.05) is 24.9 Å². The zero-order valence-corrected chi connectivity index (χ0v) is 13.3. The maximum Gasteiger partial charge on any atom is 0.324 e. The van der Waals surface area contributed by atoms with E-state index in [0.29, 0.717) is 18.6 Å². The van der Waals surface area contributed by atoms with E-state index in [9.17, 15) is 14.8 Å². The van der Waals surface area contributed by atoms with Crippen LogP contribution in [0.15, 0.2) is 29.4 Å². The predicted octanol–water partition coefficient (Wildman–Crippen LogP) is 2.84. The van der Waals surface area contributed by atoms with Crippen molar-refractivity contribution < 1.29 is 14.4 Å². The highest BCUT2D eigenvalue weighted by atomic mass is 33.1. The Balaban J connectivity index is 2.06. The van der Waals surface area contributed by atoms with Crippen LogP contribution in [0.4, 0.5) is 0 Å². The molecule has 0 bridgehead atoms. The van der Waals surface area contributed by atoms with E-state index in [1.54, 1.807) is 6.20 Å². The summed E-state index contributed by atoms with van der Waals surface area (Å²) in [6, 6.07) is 5.60. The molecular formula is C13H17N2O4S2-. The molecule has 0 aliphatic rings. The molecule has 0 aliphatic carbocycles. The largest absolute Gasteiger partial charge is 0.753 e. The molecule has 1 heterocycles. The van der Waals surface area contributed by atoms with Crippen LogP contribution in [-0.2, 0) is 14.4 Å². The SMILES string of the molecule is CC(=O)CCCN([O-])OC(=O)CCSSc1ccccn1. The van der Waals surface area contributed by atoms with Crippen molar-refractivity contribution in [3.05, 3.63) is 29.6 Å². The molecule has 0 aromatic carbocycles. The first-order valence-electron chi connectivity index (χ1n) is 6.43. The molecule has 0 radical (unpaired) electrons. The topological polar surface area (TPSA) is 82.6 Å². The predicted molar refractivity (Wildman–Crippen MR) is 83.2 cm³/mol. The first-order chi connectivity index (χ1) is 10.1. The van der Waals surface area contributed by atoms with E-state index in [1.807, 2.05) is 18.2 Å². The second-order valence-electron chi connectivity index (χ2n) is 4.15. The molecule has 0 fully saturated rings. The van der Waals surface area contributed by atoms with E-state index in [1.165, 1.54) is 28.5 Å². The molecule has 8 heteroatoms. The van der Waals surface area contributed by atoms with Crippen molar-refractivity contribution in [3.63, 3.8) is 0 Å². The highest BCUT2D eigenvalue weighted by molar-refractivity contribution is 8.76. The maximum absolute atomic E-state index is 11.4. The number of carbonyl (C=O) groups excluding carboxylic acids is 2. The second-order valence-corrected chi connectivity index (χ2v) is 6.58. The Bertz CT molecular complexity index is 445. The van der Waals surface area contributed by atoms with Gasteiger partial charge in [-0.25, -0.2) is 10.2 Å². The Morgan fingerprint density at radius 3 is 2.86 bits per heavy atom. The first kappa shape index (κ1) is 18.0. The van der Waals surface area contributed by atoms with Crippen LogP contribution in [0.1, 0.15) is 26.2 Å². The highest BCUT2D eigenvalue weighted by Crippen LogP contribution is 2.29. The molecule has 0 N–H and O–H groups in total. The number of nitrogens with zero attached hydrogens (tertiary/aromatic N) is 2. The maximum atomic E-state index is 11.4. The van der Waals surface area contributed by atoms with E-state index in [2.05, 4.69) is 9.82 Å². The summed E-state index contributed by atoms with van der Waals surface area (Å²) in [7, 11) is 2.94. The Kier molecular flexibility index (Phi) is 9.07. The molecule has 21 heavy (non-hydrogen) atoms. The summed E-state index contributed by atoms with van der Waals surface area (Å²) < 4.78 is 0. The fourth-order valence-electron chi connectivity index (χ4n) is 1.29. The summed E-state index contributed by atoms with van der Waals surface area (Å²) in [5, 5.41) is 12.3. The van der Waals surface area contributed by atoms with Crippen LogP contribution in [-0.4, -0.2) is 34.3 Å². The fourth-order valence-corrected chi connectivity index (χ4v) is 3.14. The lowest BCUT2D eigenvalue weighted by atomic mass is 10.2. The van der Waals surface area contributed by atoms with Crippen LogP contribution >= 0.6 is 21.6 Å². The van der Waals surface area contributed by atoms with Gasteiger partial charge in [-0.05, 0) is 36.3 Å². The van der Waals surface area contributed by atoms with Crippen LogP contribution in [0, 0.1) is 5.21 Å². The van der Waals surface area contributed by atoms with Crippen molar-refractivity contribution in [1.82, 2.24) is 10.2 Å². The third kappa shape index (κ3) is 9.46. The van der Waals surface area contributed by atoms with Crippen molar-refractivity contribution in [2.24, 2.45) is 0 Å². The van der Waals surface area contributed by atoms with Gasteiger partial charge in [-0.15, -0.1) is 0 Å². The minimum Gasteiger partial charge on any atom is -0.753 e. The third-order valence-electron chi connectivity index (χ3n) is 2.24. The van der Waals surface area contributed by atoms with Gasteiger partial charge in [-0.3, -0.25) is 4.79 Å². The average molecular weight is 329 g/mol. The van der Waals surface area contributed by atoms with Gasteiger partial charge in [0.05, 0.1) is 6.42 Å². The standard InChI is InChI=1S/C13H17N2O4S2/c1-11(16)5-4-9-15(18)19-13(17)7-10-20-21-12-6-2-3-8-14-12/h2-3,6,8H,4-5,7,9-10H2,1H3/q-1. The summed E-state index contributed by atoms with van der Waals surface area (Å²) in [6.45, 7) is 1.47. The molecule has 0 saturated heterocycles. The van der Waals surface area contributed by atoms with Crippen molar-refractivity contribution in [3.8, 4) is 0 Å². The minimum atomic E-state index is -0.568. The molecule has 0 spiro atoms. The number of hydroxylamine groups is 2. The number of rotatable bonds is 10. The summed E-state index contributed by atoms with van der Waals surface area (Å²) in [5.41, 5.74) is 0. The van der Waals surface area contributed by atoms with Crippen LogP contribution in [0.5, 0.6) is 0 Å². The molecule has 1 rings (SSSR count). The number of pyridine rings is 1. The number of aromatic nitrogens is 1. The fraction of sp³-hybridized carbons (Fsp3) is 0.462. The van der Waals surface area contributed by atoms with Crippen molar-refractivity contribution in [1.29, 1.82) is 0 Å². The van der Waals surface area contributed by atoms with Gasteiger partial charge in [0.25, 0.3) is 0 Å². The highest BCUT2D eigenvalue weighted by Gasteiger charge is 2.06. The van der Waals surface area contributed by atoms with E-state index in [0.717, 1.165) is 5.03 Å². The van der Waals surface area contributed by atoms with E-state index >= 15 is 0 Å². The second kappa shape index (κ2) is 10.6. The zero-order valence-electron chi connectivity index (χ0n) is 11.7. The van der Waals surface area contributed by atoms with Crippen LogP contribution < -0.4 is 0 Å². The van der Waals surface area contributed by atoms with E-state index in [-0.39, 0.29) is 24.0 Å². The lowest BCUT2D eigenvalue weighted by Gasteiger charge is -2.25. The minimum absolute atomic E-state index is 0.0117. The molecule has 0 unspecified atom stereocenters. The van der Waals surface area contributed by atoms with Crippen LogP contribution in [0.3, 0.4) is 0 Å². The molecule has 116 valence electrons. The zero-order chi connectivity index (χ0) is 15.5. The smallest absolute Gasteiger partial charge is 0.324 e. The number of hydrogen-bond acceptors (Lipinski definition) is 8. The van der Waals surface area contributed by atoms with Crippen molar-refractivity contribution in [2.45, 2.75) is 31.2 Å². The van der Waals surface area contributed by atoms with Gasteiger partial charge in [-0.1, -0.05) is 16.9 Å². The molecule has 6 nitrogen and oxygen atoms in total.